The number of nitro benzene ring substituents is 1. The topological polar surface area (TPSA) is 136 Å². The Morgan fingerprint density at radius 1 is 1.23 bits per heavy atom. The van der Waals surface area contributed by atoms with Gasteiger partial charge in [-0.05, 0) is 30.3 Å². The molecule has 0 saturated carbocycles. The fraction of sp³-hybridized carbons (Fsp3) is 0. The average Bonchev–Trinajstić information content (AvgIpc) is 2.42. The molecule has 0 aliphatic rings. The highest BCUT2D eigenvalue weighted by molar-refractivity contribution is 7.85. The zero-order valence-electron chi connectivity index (χ0n) is 10.9. The Bertz CT molecular complexity index is 854. The Morgan fingerprint density at radius 3 is 2.45 bits per heavy atom. The van der Waals surface area contributed by atoms with Gasteiger partial charge in [-0.25, -0.2) is 0 Å². The van der Waals surface area contributed by atoms with Crippen molar-refractivity contribution < 1.29 is 17.9 Å². The van der Waals surface area contributed by atoms with Gasteiger partial charge in [-0.15, -0.1) is 0 Å². The van der Waals surface area contributed by atoms with Crippen LogP contribution >= 0.6 is 11.6 Å². The zero-order chi connectivity index (χ0) is 16.5. The number of nitrogens with zero attached hydrogens (tertiary/aromatic N) is 1. The lowest BCUT2D eigenvalue weighted by molar-refractivity contribution is -0.384. The molecule has 0 bridgehead atoms. The van der Waals surface area contributed by atoms with Crippen LogP contribution in [0.2, 0.25) is 5.02 Å². The first kappa shape index (κ1) is 16.0. The minimum Gasteiger partial charge on any atom is -0.398 e. The van der Waals surface area contributed by atoms with Gasteiger partial charge in [0.15, 0.2) is 0 Å². The molecule has 2 aromatic rings. The van der Waals surface area contributed by atoms with E-state index in [0.29, 0.717) is 11.4 Å². The molecule has 0 unspecified atom stereocenters. The van der Waals surface area contributed by atoms with Gasteiger partial charge in [-0.1, -0.05) is 11.6 Å². The molecule has 22 heavy (non-hydrogen) atoms. The maximum atomic E-state index is 11.1. The molecule has 0 fully saturated rings. The van der Waals surface area contributed by atoms with E-state index in [0.717, 1.165) is 12.1 Å². The fourth-order valence-electron chi connectivity index (χ4n) is 1.69. The number of hydrogen-bond acceptors (Lipinski definition) is 6. The lowest BCUT2D eigenvalue weighted by Gasteiger charge is -2.09. The number of nitrogens with two attached hydrogens (primary N) is 1. The molecule has 0 radical (unpaired) electrons. The summed E-state index contributed by atoms with van der Waals surface area (Å²) < 4.78 is 31.0. The van der Waals surface area contributed by atoms with Gasteiger partial charge in [0, 0.05) is 11.8 Å². The van der Waals surface area contributed by atoms with Gasteiger partial charge < -0.3 is 11.1 Å². The predicted octanol–water partition coefficient (Wildman–Crippen LogP) is 2.82. The third kappa shape index (κ3) is 3.45. The normalized spacial score (nSPS) is 11.2. The van der Waals surface area contributed by atoms with E-state index >= 15 is 0 Å². The molecule has 4 N–H and O–H groups in total. The minimum atomic E-state index is -4.53. The Balaban J connectivity index is 2.46. The van der Waals surface area contributed by atoms with Crippen LogP contribution in [0.25, 0.3) is 0 Å². The highest BCUT2D eigenvalue weighted by atomic mass is 35.5. The van der Waals surface area contributed by atoms with Crippen molar-refractivity contribution in [3.63, 3.8) is 0 Å². The Labute approximate surface area is 130 Å². The average molecular weight is 344 g/mol. The second kappa shape index (κ2) is 5.79. The van der Waals surface area contributed by atoms with E-state index in [2.05, 4.69) is 5.32 Å². The van der Waals surface area contributed by atoms with Crippen LogP contribution < -0.4 is 11.1 Å². The molecule has 0 aromatic heterocycles. The van der Waals surface area contributed by atoms with E-state index < -0.39 is 25.6 Å². The maximum Gasteiger partial charge on any atom is 0.294 e. The van der Waals surface area contributed by atoms with Gasteiger partial charge in [0.2, 0.25) is 0 Å². The molecule has 10 heteroatoms. The molecule has 0 aliphatic heterocycles. The summed E-state index contributed by atoms with van der Waals surface area (Å²) in [6.45, 7) is 0. The van der Waals surface area contributed by atoms with Crippen LogP contribution in [-0.2, 0) is 10.1 Å². The summed E-state index contributed by atoms with van der Waals surface area (Å²) >= 11 is 5.86. The minimum absolute atomic E-state index is 0.0400. The zero-order valence-corrected chi connectivity index (χ0v) is 12.4. The van der Waals surface area contributed by atoms with Crippen molar-refractivity contribution in [1.82, 2.24) is 0 Å². The molecular weight excluding hydrogens is 334 g/mol. The third-order valence-corrected chi connectivity index (χ3v) is 3.92. The first-order valence-electron chi connectivity index (χ1n) is 5.76. The second-order valence-corrected chi connectivity index (χ2v) is 6.10. The molecule has 0 heterocycles. The van der Waals surface area contributed by atoms with E-state index in [1.54, 1.807) is 6.07 Å². The first-order valence-corrected chi connectivity index (χ1v) is 7.58. The lowest BCUT2D eigenvalue weighted by Crippen LogP contribution is -2.02. The molecule has 8 nitrogen and oxygen atoms in total. The largest absolute Gasteiger partial charge is 0.398 e. The summed E-state index contributed by atoms with van der Waals surface area (Å²) in [5.41, 5.74) is 5.88. The third-order valence-electron chi connectivity index (χ3n) is 2.74. The SMILES string of the molecule is Nc1ccc(Nc2ccc(S(=O)(=O)O)cc2[N+](=O)[O-])cc1Cl. The molecule has 0 amide bonds. The molecular formula is C12H10ClN3O5S. The van der Waals surface area contributed by atoms with E-state index in [1.807, 2.05) is 0 Å². The van der Waals surface area contributed by atoms with Crippen LogP contribution in [0.4, 0.5) is 22.7 Å². The van der Waals surface area contributed by atoms with Crippen molar-refractivity contribution in [1.29, 1.82) is 0 Å². The highest BCUT2D eigenvalue weighted by Crippen LogP contribution is 2.31. The molecule has 0 aliphatic carbocycles. The number of nitro groups is 1. The van der Waals surface area contributed by atoms with Gasteiger partial charge in [0.05, 0.1) is 15.6 Å². The quantitative estimate of drug-likeness (QED) is 0.336. The van der Waals surface area contributed by atoms with Gasteiger partial charge in [-0.2, -0.15) is 8.42 Å². The number of nitrogen functional groups attached to an aromatic ring is 1. The molecule has 2 aromatic carbocycles. The summed E-state index contributed by atoms with van der Waals surface area (Å²) in [5, 5.41) is 14.1. The van der Waals surface area contributed by atoms with Gasteiger partial charge in [0.1, 0.15) is 10.6 Å². The van der Waals surface area contributed by atoms with E-state index in [1.165, 1.54) is 18.2 Å². The van der Waals surface area contributed by atoms with Crippen LogP contribution in [0.1, 0.15) is 0 Å². The lowest BCUT2D eigenvalue weighted by atomic mass is 10.2. The van der Waals surface area contributed by atoms with E-state index in [9.17, 15) is 18.5 Å². The fourth-order valence-corrected chi connectivity index (χ4v) is 2.37. The first-order chi connectivity index (χ1) is 10.2. The molecule has 2 rings (SSSR count). The summed E-state index contributed by atoms with van der Waals surface area (Å²) in [6, 6.07) is 7.52. The maximum absolute atomic E-state index is 11.1. The Morgan fingerprint density at radius 2 is 1.91 bits per heavy atom. The predicted molar refractivity (Wildman–Crippen MR) is 82.1 cm³/mol. The van der Waals surface area contributed by atoms with Crippen molar-refractivity contribution in [3.8, 4) is 0 Å². The van der Waals surface area contributed by atoms with Crippen molar-refractivity contribution in [2.24, 2.45) is 0 Å². The number of benzene rings is 2. The molecule has 0 saturated heterocycles. The Hall–Kier alpha value is -2.36. The van der Waals surface area contributed by atoms with E-state index in [-0.39, 0.29) is 10.7 Å². The van der Waals surface area contributed by atoms with E-state index in [4.69, 9.17) is 21.9 Å². The van der Waals surface area contributed by atoms with Gasteiger partial charge in [0.25, 0.3) is 15.8 Å². The van der Waals surface area contributed by atoms with Crippen LogP contribution in [0.5, 0.6) is 0 Å². The summed E-state index contributed by atoms with van der Waals surface area (Å²) in [7, 11) is -4.53. The smallest absolute Gasteiger partial charge is 0.294 e. The van der Waals surface area contributed by atoms with Crippen LogP contribution in [0, 0.1) is 10.1 Å². The summed E-state index contributed by atoms with van der Waals surface area (Å²) in [4.78, 5) is 9.72. The van der Waals surface area contributed by atoms with Crippen LogP contribution in [-0.4, -0.2) is 17.9 Å². The van der Waals surface area contributed by atoms with Gasteiger partial charge >= 0.3 is 0 Å². The van der Waals surface area contributed by atoms with Crippen LogP contribution in [0.15, 0.2) is 41.3 Å². The van der Waals surface area contributed by atoms with Crippen molar-refractivity contribution in [2.75, 3.05) is 11.1 Å². The van der Waals surface area contributed by atoms with Crippen LogP contribution in [0.3, 0.4) is 0 Å². The molecule has 116 valence electrons. The number of rotatable bonds is 4. The van der Waals surface area contributed by atoms with Crippen molar-refractivity contribution in [3.05, 3.63) is 51.5 Å². The Kier molecular flexibility index (Phi) is 4.22. The number of nitrogens with one attached hydrogen (secondary N) is 1. The summed E-state index contributed by atoms with van der Waals surface area (Å²) in [6.07, 6.45) is 0. The number of halogens is 1. The second-order valence-electron chi connectivity index (χ2n) is 4.27. The highest BCUT2D eigenvalue weighted by Gasteiger charge is 2.20. The number of hydrogen-bond donors (Lipinski definition) is 3. The molecule has 0 spiro atoms. The standard InChI is InChI=1S/C12H10ClN3O5S/c13-9-5-7(1-3-10(9)14)15-11-4-2-8(22(19,20)21)6-12(11)16(17)18/h1-6,15H,14H2,(H,19,20,21). The van der Waals surface area contributed by atoms with Crippen molar-refractivity contribution >= 4 is 44.5 Å². The number of anilines is 3. The van der Waals surface area contributed by atoms with Gasteiger partial charge in [-0.3, -0.25) is 14.7 Å². The monoisotopic (exact) mass is 343 g/mol. The van der Waals surface area contributed by atoms with Crippen molar-refractivity contribution in [2.45, 2.75) is 4.90 Å². The summed E-state index contributed by atoms with van der Waals surface area (Å²) in [5.74, 6) is 0. The molecule has 0 atom stereocenters.